The van der Waals surface area contributed by atoms with Crippen LogP contribution in [0.25, 0.3) is 0 Å². The minimum Gasteiger partial charge on any atom is -0.302 e. The monoisotopic (exact) mass is 259 g/mol. The van der Waals surface area contributed by atoms with Gasteiger partial charge in [0.1, 0.15) is 0 Å². The molecular weight excluding hydrogens is 238 g/mol. The molecule has 0 aromatic rings. The van der Waals surface area contributed by atoms with Crippen LogP contribution in [0.4, 0.5) is 0 Å². The van der Waals surface area contributed by atoms with Crippen LogP contribution in [-0.4, -0.2) is 44.7 Å². The number of rotatable bonds is 6. The van der Waals surface area contributed by atoms with Crippen molar-refractivity contribution in [3.05, 3.63) is 0 Å². The van der Waals surface area contributed by atoms with E-state index in [4.69, 9.17) is 5.26 Å². The van der Waals surface area contributed by atoms with Gasteiger partial charge in [0.2, 0.25) is 10.0 Å². The summed E-state index contributed by atoms with van der Waals surface area (Å²) >= 11 is 0. The van der Waals surface area contributed by atoms with Gasteiger partial charge in [0.15, 0.2) is 5.25 Å². The van der Waals surface area contributed by atoms with Gasteiger partial charge in [-0.2, -0.15) is 5.26 Å². The molecule has 0 aromatic carbocycles. The second kappa shape index (κ2) is 6.94. The van der Waals surface area contributed by atoms with E-state index in [0.29, 0.717) is 13.0 Å². The summed E-state index contributed by atoms with van der Waals surface area (Å²) in [6.07, 6.45) is 4.00. The summed E-state index contributed by atoms with van der Waals surface area (Å²) < 4.78 is 25.9. The van der Waals surface area contributed by atoms with Crippen LogP contribution in [-0.2, 0) is 10.0 Å². The van der Waals surface area contributed by atoms with Crippen LogP contribution in [0.15, 0.2) is 0 Å². The van der Waals surface area contributed by atoms with Crippen molar-refractivity contribution in [1.82, 2.24) is 9.62 Å². The zero-order valence-corrected chi connectivity index (χ0v) is 11.2. The number of sulfonamides is 1. The molecule has 0 spiro atoms. The molecule has 1 rings (SSSR count). The molecule has 1 unspecified atom stereocenters. The van der Waals surface area contributed by atoms with Gasteiger partial charge in [0.05, 0.1) is 6.07 Å². The largest absolute Gasteiger partial charge is 0.302 e. The Hall–Kier alpha value is -0.640. The summed E-state index contributed by atoms with van der Waals surface area (Å²) in [6, 6.07) is 1.82. The number of hydrogen-bond acceptors (Lipinski definition) is 4. The van der Waals surface area contributed by atoms with E-state index in [1.54, 1.807) is 6.92 Å². The molecule has 0 aliphatic carbocycles. The maximum absolute atomic E-state index is 11.7. The maximum atomic E-state index is 11.7. The number of nitriles is 1. The van der Waals surface area contributed by atoms with E-state index >= 15 is 0 Å². The van der Waals surface area contributed by atoms with E-state index in [9.17, 15) is 8.42 Å². The first-order valence-electron chi connectivity index (χ1n) is 6.20. The van der Waals surface area contributed by atoms with E-state index in [2.05, 4.69) is 9.62 Å². The summed E-state index contributed by atoms with van der Waals surface area (Å²) in [4.78, 5) is 2.26. The first-order chi connectivity index (χ1) is 8.10. The Morgan fingerprint density at radius 1 is 1.35 bits per heavy atom. The van der Waals surface area contributed by atoms with Gasteiger partial charge in [-0.15, -0.1) is 0 Å². The van der Waals surface area contributed by atoms with Crippen molar-refractivity contribution < 1.29 is 8.42 Å². The Kier molecular flexibility index (Phi) is 5.89. The van der Waals surface area contributed by atoms with Crippen molar-refractivity contribution in [2.24, 2.45) is 0 Å². The molecule has 1 fully saturated rings. The van der Waals surface area contributed by atoms with Crippen LogP contribution in [0.5, 0.6) is 0 Å². The third kappa shape index (κ3) is 4.62. The third-order valence-electron chi connectivity index (χ3n) is 3.07. The molecule has 1 heterocycles. The highest BCUT2D eigenvalue weighted by Gasteiger charge is 2.22. The minimum absolute atomic E-state index is 0.329. The molecule has 0 amide bonds. The molecule has 1 atom stereocenters. The molecule has 6 heteroatoms. The Morgan fingerprint density at radius 3 is 2.53 bits per heavy atom. The summed E-state index contributed by atoms with van der Waals surface area (Å²) in [6.45, 7) is 4.95. The highest BCUT2D eigenvalue weighted by Crippen LogP contribution is 2.08. The average Bonchev–Trinajstić information content (AvgIpc) is 2.31. The lowest BCUT2D eigenvalue weighted by Crippen LogP contribution is -2.40. The lowest BCUT2D eigenvalue weighted by atomic mass is 10.1. The van der Waals surface area contributed by atoms with Gasteiger partial charge in [0, 0.05) is 13.1 Å². The smallest absolute Gasteiger partial charge is 0.228 e. The molecule has 0 radical (unpaired) electrons. The summed E-state index contributed by atoms with van der Waals surface area (Å²) in [5, 5.41) is 7.80. The predicted octanol–water partition coefficient (Wildman–Crippen LogP) is 0.694. The van der Waals surface area contributed by atoms with Crippen molar-refractivity contribution in [2.45, 2.75) is 37.9 Å². The van der Waals surface area contributed by atoms with Crippen molar-refractivity contribution in [3.8, 4) is 6.07 Å². The topological polar surface area (TPSA) is 73.2 Å². The Labute approximate surface area is 104 Å². The Balaban J connectivity index is 2.32. The zero-order chi connectivity index (χ0) is 12.7. The fraction of sp³-hybridized carbons (Fsp3) is 0.909. The quantitative estimate of drug-likeness (QED) is 0.762. The van der Waals surface area contributed by atoms with E-state index in [-0.39, 0.29) is 0 Å². The van der Waals surface area contributed by atoms with E-state index in [1.165, 1.54) is 19.3 Å². The summed E-state index contributed by atoms with van der Waals surface area (Å²) in [7, 11) is -3.46. The van der Waals surface area contributed by atoms with Gasteiger partial charge in [-0.1, -0.05) is 13.3 Å². The fourth-order valence-corrected chi connectivity index (χ4v) is 3.16. The van der Waals surface area contributed by atoms with E-state index < -0.39 is 15.3 Å². The van der Waals surface area contributed by atoms with Crippen LogP contribution in [0.1, 0.15) is 32.6 Å². The number of piperidine rings is 1. The lowest BCUT2D eigenvalue weighted by molar-refractivity contribution is 0.232. The molecule has 0 bridgehead atoms. The van der Waals surface area contributed by atoms with Crippen molar-refractivity contribution in [3.63, 3.8) is 0 Å². The predicted molar refractivity (Wildman–Crippen MR) is 66.9 cm³/mol. The van der Waals surface area contributed by atoms with E-state index in [0.717, 1.165) is 19.6 Å². The molecule has 5 nitrogen and oxygen atoms in total. The van der Waals surface area contributed by atoms with Crippen molar-refractivity contribution >= 4 is 10.0 Å². The summed E-state index contributed by atoms with van der Waals surface area (Å²) in [5.41, 5.74) is 0. The van der Waals surface area contributed by atoms with Crippen LogP contribution in [0.2, 0.25) is 0 Å². The van der Waals surface area contributed by atoms with Crippen molar-refractivity contribution in [2.75, 3.05) is 26.2 Å². The molecule has 0 aromatic heterocycles. The van der Waals surface area contributed by atoms with Gasteiger partial charge in [-0.3, -0.25) is 0 Å². The number of nitrogens with one attached hydrogen (secondary N) is 1. The second-order valence-corrected chi connectivity index (χ2v) is 6.32. The average molecular weight is 259 g/mol. The van der Waals surface area contributed by atoms with Gasteiger partial charge >= 0.3 is 0 Å². The fourth-order valence-electron chi connectivity index (χ4n) is 2.01. The first-order valence-corrected chi connectivity index (χ1v) is 7.75. The first kappa shape index (κ1) is 14.4. The number of hydrogen-bond donors (Lipinski definition) is 1. The standard InChI is InChI=1S/C11H21N3O2S/c1-2-11(10-12)17(15,16)13-6-9-14-7-4-3-5-8-14/h11,13H,2-9H2,1H3. The van der Waals surface area contributed by atoms with Gasteiger partial charge in [-0.25, -0.2) is 13.1 Å². The molecule has 1 aliphatic heterocycles. The Morgan fingerprint density at radius 2 is 2.00 bits per heavy atom. The second-order valence-electron chi connectivity index (χ2n) is 4.37. The molecule has 0 saturated carbocycles. The molecular formula is C11H21N3O2S. The molecule has 98 valence electrons. The van der Waals surface area contributed by atoms with Gasteiger partial charge < -0.3 is 4.90 Å². The molecule has 17 heavy (non-hydrogen) atoms. The zero-order valence-electron chi connectivity index (χ0n) is 10.4. The lowest BCUT2D eigenvalue weighted by Gasteiger charge is -2.26. The van der Waals surface area contributed by atoms with Gasteiger partial charge in [0.25, 0.3) is 0 Å². The van der Waals surface area contributed by atoms with Crippen LogP contribution in [0.3, 0.4) is 0 Å². The molecule has 1 N–H and O–H groups in total. The van der Waals surface area contributed by atoms with Crippen LogP contribution in [0, 0.1) is 11.3 Å². The molecule has 1 aliphatic rings. The minimum atomic E-state index is -3.46. The summed E-state index contributed by atoms with van der Waals surface area (Å²) in [5.74, 6) is 0. The highest BCUT2D eigenvalue weighted by molar-refractivity contribution is 7.90. The highest BCUT2D eigenvalue weighted by atomic mass is 32.2. The van der Waals surface area contributed by atoms with E-state index in [1.807, 2.05) is 6.07 Å². The number of nitrogens with zero attached hydrogens (tertiary/aromatic N) is 2. The maximum Gasteiger partial charge on any atom is 0.228 e. The van der Waals surface area contributed by atoms with Crippen molar-refractivity contribution in [1.29, 1.82) is 5.26 Å². The molecule has 1 saturated heterocycles. The van der Waals surface area contributed by atoms with Gasteiger partial charge in [-0.05, 0) is 32.4 Å². The van der Waals surface area contributed by atoms with Crippen LogP contribution < -0.4 is 4.72 Å². The third-order valence-corrected chi connectivity index (χ3v) is 4.86. The van der Waals surface area contributed by atoms with Crippen LogP contribution >= 0.6 is 0 Å². The SMILES string of the molecule is CCC(C#N)S(=O)(=O)NCCN1CCCCC1. The normalized spacial score (nSPS) is 19.8. The Bertz CT molecular complexity index is 355. The number of likely N-dealkylation sites (tertiary alicyclic amines) is 1.